The van der Waals surface area contributed by atoms with Crippen molar-refractivity contribution in [3.63, 3.8) is 0 Å². The molecule has 0 aromatic rings. The molecular weight excluding hydrogens is 461 g/mol. The third kappa shape index (κ3) is 7.90. The normalized spacial score (nSPS) is 27.8. The van der Waals surface area contributed by atoms with Crippen molar-refractivity contribution >= 4 is 39.8 Å². The fourth-order valence-corrected chi connectivity index (χ4v) is 6.63. The zero-order valence-corrected chi connectivity index (χ0v) is 20.4. The number of hydrogen-bond donors (Lipinski definition) is 2. The highest BCUT2D eigenvalue weighted by atomic mass is 127. The number of nitrogens with zero attached hydrogens (tertiary/aromatic N) is 1. The van der Waals surface area contributed by atoms with Crippen molar-refractivity contribution in [1.82, 2.24) is 10.6 Å². The minimum Gasteiger partial charge on any atom is -0.354 e. The van der Waals surface area contributed by atoms with Gasteiger partial charge >= 0.3 is 0 Å². The summed E-state index contributed by atoms with van der Waals surface area (Å²) in [6, 6.07) is 0.694. The number of rotatable bonds is 4. The van der Waals surface area contributed by atoms with Crippen LogP contribution >= 0.6 is 24.0 Å². The van der Waals surface area contributed by atoms with Crippen LogP contribution in [0.3, 0.4) is 0 Å². The van der Waals surface area contributed by atoms with Crippen molar-refractivity contribution in [3.8, 4) is 0 Å². The quantitative estimate of drug-likeness (QED) is 0.353. The van der Waals surface area contributed by atoms with Gasteiger partial charge < -0.3 is 10.6 Å². The molecule has 7 heteroatoms. The molecule has 0 radical (unpaired) electrons. The average Bonchev–Trinajstić information content (AvgIpc) is 2.71. The van der Waals surface area contributed by atoms with Crippen molar-refractivity contribution in [1.29, 1.82) is 0 Å². The van der Waals surface area contributed by atoms with Crippen LogP contribution in [0.4, 0.5) is 0 Å². The largest absolute Gasteiger partial charge is 0.354 e. The van der Waals surface area contributed by atoms with Gasteiger partial charge in [0.1, 0.15) is 0 Å². The van der Waals surface area contributed by atoms with Crippen LogP contribution in [0.2, 0.25) is 0 Å². The van der Waals surface area contributed by atoms with E-state index in [1.165, 1.54) is 6.42 Å². The number of nitrogens with one attached hydrogen (secondary N) is 2. The summed E-state index contributed by atoms with van der Waals surface area (Å²) < 4.78 is 23.3. The summed E-state index contributed by atoms with van der Waals surface area (Å²) in [4.78, 5) is 4.73. The van der Waals surface area contributed by atoms with Gasteiger partial charge in [0.05, 0.1) is 11.5 Å². The maximum Gasteiger partial charge on any atom is 0.191 e. The van der Waals surface area contributed by atoms with Gasteiger partial charge in [0.25, 0.3) is 0 Å². The molecule has 2 N–H and O–H groups in total. The van der Waals surface area contributed by atoms with Gasteiger partial charge in [-0.3, -0.25) is 4.99 Å². The van der Waals surface area contributed by atoms with E-state index in [-0.39, 0.29) is 35.6 Å². The number of sulfone groups is 1. The Morgan fingerprint density at radius 1 is 1.15 bits per heavy atom. The first kappa shape index (κ1) is 24.0. The molecule has 1 saturated heterocycles. The summed E-state index contributed by atoms with van der Waals surface area (Å²) in [7, 11) is -2.83. The van der Waals surface area contributed by atoms with Crippen molar-refractivity contribution in [3.05, 3.63) is 0 Å². The predicted molar refractivity (Wildman–Crippen MR) is 121 cm³/mol. The third-order valence-corrected chi connectivity index (χ3v) is 6.99. The summed E-state index contributed by atoms with van der Waals surface area (Å²) in [6.45, 7) is 14.2. The third-order valence-electron chi connectivity index (χ3n) is 5.16. The molecule has 26 heavy (non-hydrogen) atoms. The molecule has 0 aromatic carbocycles. The van der Waals surface area contributed by atoms with E-state index >= 15 is 0 Å². The summed E-state index contributed by atoms with van der Waals surface area (Å²) in [5.41, 5.74) is 0.643. The number of halogens is 1. The summed E-state index contributed by atoms with van der Waals surface area (Å²) in [6.07, 6.45) is 4.24. The fraction of sp³-hybridized carbons (Fsp3) is 0.947. The van der Waals surface area contributed by atoms with Gasteiger partial charge in [0.2, 0.25) is 0 Å². The standard InChI is InChI=1S/C19H37N3O2S.HI/c1-14(2)21-17(20-11-15-7-8-25(23,24)12-15)22-16-9-18(3,4)13-19(5,6)10-16;/h14-16H,7-13H2,1-6H3,(H2,20,21,22);1H. The van der Waals surface area contributed by atoms with Gasteiger partial charge in [-0.15, -0.1) is 24.0 Å². The van der Waals surface area contributed by atoms with Crippen LogP contribution in [0.25, 0.3) is 0 Å². The molecule has 1 aliphatic carbocycles. The molecule has 1 unspecified atom stereocenters. The average molecular weight is 500 g/mol. The maximum atomic E-state index is 11.6. The Balaban J connectivity index is 0.00000338. The molecular formula is C19H38IN3O2S. The molecule has 1 saturated carbocycles. The van der Waals surface area contributed by atoms with Crippen molar-refractivity contribution < 1.29 is 8.42 Å². The zero-order chi connectivity index (χ0) is 18.9. The van der Waals surface area contributed by atoms with E-state index < -0.39 is 9.84 Å². The Bertz CT molecular complexity index is 584. The Morgan fingerprint density at radius 3 is 2.19 bits per heavy atom. The van der Waals surface area contributed by atoms with Gasteiger partial charge in [-0.25, -0.2) is 8.42 Å². The summed E-state index contributed by atoms with van der Waals surface area (Å²) >= 11 is 0. The molecule has 5 nitrogen and oxygen atoms in total. The molecule has 0 spiro atoms. The second-order valence-electron chi connectivity index (χ2n) is 10.0. The predicted octanol–water partition coefficient (Wildman–Crippen LogP) is 3.59. The second kappa shape index (κ2) is 8.97. The topological polar surface area (TPSA) is 70.6 Å². The molecule has 0 amide bonds. The van der Waals surface area contributed by atoms with E-state index in [0.29, 0.717) is 35.2 Å². The molecule has 2 fully saturated rings. The van der Waals surface area contributed by atoms with Crippen LogP contribution < -0.4 is 10.6 Å². The van der Waals surface area contributed by atoms with Crippen molar-refractivity contribution in [2.24, 2.45) is 21.7 Å². The van der Waals surface area contributed by atoms with Gasteiger partial charge in [0, 0.05) is 18.6 Å². The lowest BCUT2D eigenvalue weighted by atomic mass is 9.63. The van der Waals surface area contributed by atoms with Crippen molar-refractivity contribution in [2.75, 3.05) is 18.1 Å². The van der Waals surface area contributed by atoms with E-state index in [4.69, 9.17) is 4.99 Å². The fourth-order valence-electron chi connectivity index (χ4n) is 4.78. The first-order valence-corrected chi connectivity index (χ1v) is 11.5. The zero-order valence-electron chi connectivity index (χ0n) is 17.3. The van der Waals surface area contributed by atoms with E-state index in [1.54, 1.807) is 0 Å². The SMILES string of the molecule is CC(C)NC(=NCC1CCS(=O)(=O)C1)NC1CC(C)(C)CC(C)(C)C1.I. The minimum atomic E-state index is -2.83. The van der Waals surface area contributed by atoms with Gasteiger partial charge in [-0.05, 0) is 56.3 Å². The lowest BCUT2D eigenvalue weighted by Gasteiger charge is -2.45. The highest BCUT2D eigenvalue weighted by Gasteiger charge is 2.38. The van der Waals surface area contributed by atoms with Crippen LogP contribution in [0.5, 0.6) is 0 Å². The minimum absolute atomic E-state index is 0. The highest BCUT2D eigenvalue weighted by molar-refractivity contribution is 14.0. The second-order valence-corrected chi connectivity index (χ2v) is 12.2. The number of hydrogen-bond acceptors (Lipinski definition) is 3. The number of aliphatic imine (C=N–C) groups is 1. The molecule has 2 rings (SSSR count). The molecule has 0 bridgehead atoms. The van der Waals surface area contributed by atoms with Gasteiger partial charge in [-0.1, -0.05) is 27.7 Å². The molecule has 0 aromatic heterocycles. The molecule has 154 valence electrons. The maximum absolute atomic E-state index is 11.6. The van der Waals surface area contributed by atoms with E-state index in [1.807, 2.05) is 0 Å². The van der Waals surface area contributed by atoms with Crippen LogP contribution in [0, 0.1) is 16.7 Å². The Hall–Kier alpha value is -0.0500. The Morgan fingerprint density at radius 2 is 1.73 bits per heavy atom. The monoisotopic (exact) mass is 499 g/mol. The molecule has 2 aliphatic rings. The summed E-state index contributed by atoms with van der Waals surface area (Å²) in [5, 5.41) is 7.05. The van der Waals surface area contributed by atoms with Crippen molar-refractivity contribution in [2.45, 2.75) is 79.3 Å². The van der Waals surface area contributed by atoms with Crippen LogP contribution in [-0.4, -0.2) is 44.5 Å². The molecule has 1 heterocycles. The lowest BCUT2D eigenvalue weighted by molar-refractivity contribution is 0.0917. The molecule has 1 aliphatic heterocycles. The first-order valence-electron chi connectivity index (χ1n) is 9.64. The van der Waals surface area contributed by atoms with Crippen LogP contribution in [-0.2, 0) is 9.84 Å². The number of guanidine groups is 1. The van der Waals surface area contributed by atoms with E-state index in [9.17, 15) is 8.42 Å². The van der Waals surface area contributed by atoms with Gasteiger partial charge in [0.15, 0.2) is 15.8 Å². The highest BCUT2D eigenvalue weighted by Crippen LogP contribution is 2.45. The van der Waals surface area contributed by atoms with Crippen LogP contribution in [0.1, 0.15) is 67.2 Å². The lowest BCUT2D eigenvalue weighted by Crippen LogP contribution is -2.51. The van der Waals surface area contributed by atoms with E-state index in [0.717, 1.165) is 25.2 Å². The summed E-state index contributed by atoms with van der Waals surface area (Å²) in [5.74, 6) is 1.60. The Labute approximate surface area is 177 Å². The van der Waals surface area contributed by atoms with Gasteiger partial charge in [-0.2, -0.15) is 0 Å². The smallest absolute Gasteiger partial charge is 0.191 e. The first-order chi connectivity index (χ1) is 11.4. The van der Waals surface area contributed by atoms with E-state index in [2.05, 4.69) is 52.2 Å². The molecule has 1 atom stereocenters. The van der Waals surface area contributed by atoms with Crippen LogP contribution in [0.15, 0.2) is 4.99 Å². The Kier molecular flexibility index (Phi) is 8.27.